The van der Waals surface area contributed by atoms with E-state index in [0.717, 1.165) is 27.6 Å². The second kappa shape index (κ2) is 8.00. The van der Waals surface area contributed by atoms with Crippen LogP contribution in [-0.2, 0) is 9.59 Å². The largest absolute Gasteiger partial charge is 0.352 e. The smallest absolute Gasteiger partial charge is 0.240 e. The zero-order valence-corrected chi connectivity index (χ0v) is 20.2. The molecule has 0 N–H and O–H groups in total. The zero-order valence-electron chi connectivity index (χ0n) is 20.2. The van der Waals surface area contributed by atoms with Crippen molar-refractivity contribution in [1.82, 2.24) is 0 Å². The molecule has 0 spiro atoms. The van der Waals surface area contributed by atoms with Gasteiger partial charge in [-0.05, 0) is 35.9 Å². The maximum absolute atomic E-state index is 14.1. The van der Waals surface area contributed by atoms with Gasteiger partial charge in [0.15, 0.2) is 5.78 Å². The summed E-state index contributed by atoms with van der Waals surface area (Å²) in [6.07, 6.45) is 4.06. The number of carbonyl (C=O) groups excluding carboxylic acids is 3. The number of anilines is 2. The van der Waals surface area contributed by atoms with Gasteiger partial charge in [0.2, 0.25) is 11.8 Å². The second-order valence-electron chi connectivity index (χ2n) is 10.1. The molecular formula is C32H24N2O3. The lowest BCUT2D eigenvalue weighted by molar-refractivity contribution is -0.122. The van der Waals surface area contributed by atoms with E-state index in [2.05, 4.69) is 18.2 Å². The molecule has 2 saturated heterocycles. The van der Waals surface area contributed by atoms with Crippen molar-refractivity contribution in [2.45, 2.75) is 19.0 Å². The van der Waals surface area contributed by atoms with Gasteiger partial charge < -0.3 is 4.90 Å². The highest BCUT2D eigenvalue weighted by Crippen LogP contribution is 2.50. The maximum atomic E-state index is 14.1. The Morgan fingerprint density at radius 2 is 1.46 bits per heavy atom. The van der Waals surface area contributed by atoms with Crippen LogP contribution in [0.25, 0.3) is 16.8 Å². The number of aryl methyl sites for hydroxylation is 1. The Morgan fingerprint density at radius 1 is 0.757 bits per heavy atom. The van der Waals surface area contributed by atoms with E-state index in [1.165, 1.54) is 4.90 Å². The molecule has 180 valence electrons. The number of Topliss-reactive ketones (excluding diaryl/α,β-unsaturated/α-hetero) is 1. The molecule has 3 aliphatic rings. The van der Waals surface area contributed by atoms with Crippen molar-refractivity contribution in [3.05, 3.63) is 114 Å². The fourth-order valence-corrected chi connectivity index (χ4v) is 6.35. The highest BCUT2D eigenvalue weighted by atomic mass is 16.2. The van der Waals surface area contributed by atoms with Crippen LogP contribution in [0.3, 0.4) is 0 Å². The summed E-state index contributed by atoms with van der Waals surface area (Å²) in [6.45, 7) is 1.96. The molecule has 2 fully saturated rings. The molecule has 7 rings (SSSR count). The Balaban J connectivity index is 1.40. The number of imide groups is 1. The van der Waals surface area contributed by atoms with Crippen LogP contribution >= 0.6 is 0 Å². The number of nitrogens with zero attached hydrogens (tertiary/aromatic N) is 2. The third-order valence-corrected chi connectivity index (χ3v) is 8.03. The van der Waals surface area contributed by atoms with Crippen LogP contribution in [0.4, 0.5) is 11.4 Å². The number of carbonyl (C=O) groups is 3. The van der Waals surface area contributed by atoms with Crippen molar-refractivity contribution in [1.29, 1.82) is 0 Å². The Morgan fingerprint density at radius 3 is 2.24 bits per heavy atom. The minimum atomic E-state index is -0.783. The fraction of sp³-hybridized carbons (Fsp3) is 0.156. The minimum absolute atomic E-state index is 0.139. The van der Waals surface area contributed by atoms with Crippen molar-refractivity contribution < 1.29 is 14.4 Å². The van der Waals surface area contributed by atoms with Gasteiger partial charge in [0, 0.05) is 16.8 Å². The van der Waals surface area contributed by atoms with Gasteiger partial charge in [-0.1, -0.05) is 90.5 Å². The number of amides is 2. The van der Waals surface area contributed by atoms with Crippen LogP contribution in [0.5, 0.6) is 0 Å². The molecule has 5 nitrogen and oxygen atoms in total. The molecule has 4 atom stereocenters. The van der Waals surface area contributed by atoms with E-state index in [0.29, 0.717) is 11.3 Å². The van der Waals surface area contributed by atoms with Crippen molar-refractivity contribution in [2.24, 2.45) is 11.8 Å². The highest BCUT2D eigenvalue weighted by Gasteiger charge is 2.64. The number of hydrogen-bond donors (Lipinski definition) is 0. The molecule has 4 aromatic carbocycles. The quantitative estimate of drug-likeness (QED) is 0.288. The van der Waals surface area contributed by atoms with Crippen LogP contribution in [0, 0.1) is 18.8 Å². The van der Waals surface area contributed by atoms with E-state index in [4.69, 9.17) is 0 Å². The van der Waals surface area contributed by atoms with Crippen molar-refractivity contribution in [3.8, 4) is 0 Å². The number of rotatable bonds is 3. The van der Waals surface area contributed by atoms with Gasteiger partial charge in [0.25, 0.3) is 0 Å². The first-order valence-electron chi connectivity index (χ1n) is 12.6. The summed E-state index contributed by atoms with van der Waals surface area (Å²) in [4.78, 5) is 45.3. The van der Waals surface area contributed by atoms with E-state index in [1.807, 2.05) is 72.5 Å². The summed E-state index contributed by atoms with van der Waals surface area (Å²) in [5.41, 5.74) is 4.04. The molecule has 3 aliphatic heterocycles. The van der Waals surface area contributed by atoms with Gasteiger partial charge in [-0.15, -0.1) is 0 Å². The van der Waals surface area contributed by atoms with Gasteiger partial charge in [-0.25, -0.2) is 4.90 Å². The molecule has 0 aliphatic carbocycles. The molecule has 0 bridgehead atoms. The first-order chi connectivity index (χ1) is 18.0. The standard InChI is InChI=1S/C32H24N2O3/c1-19-11-14-22(15-12-19)33-31(36)27-26-18-16-24-23-10-6-5-7-20(23)13-17-25(24)34(26)29(28(27)32(33)37)30(35)21-8-3-2-4-9-21/h2-18,26-29H,1H3/t26-,27-,28-,29+/m0/s1. The number of hydrogen-bond acceptors (Lipinski definition) is 4. The van der Waals surface area contributed by atoms with Crippen LogP contribution in [0.2, 0.25) is 0 Å². The SMILES string of the molecule is Cc1ccc(N2C(=O)[C@@H]3[C@H](C2=O)[C@H](C(=O)c2ccccc2)N2c4ccc5ccccc5c4C=C[C@@H]32)cc1. The predicted molar refractivity (Wildman–Crippen MR) is 144 cm³/mol. The predicted octanol–water partition coefficient (Wildman–Crippen LogP) is 5.42. The van der Waals surface area contributed by atoms with Crippen LogP contribution < -0.4 is 9.80 Å². The average Bonchev–Trinajstić information content (AvgIpc) is 3.41. The monoisotopic (exact) mass is 484 g/mol. The lowest BCUT2D eigenvalue weighted by atomic mass is 9.86. The van der Waals surface area contributed by atoms with Crippen molar-refractivity contribution in [3.63, 3.8) is 0 Å². The van der Waals surface area contributed by atoms with Gasteiger partial charge in [-0.3, -0.25) is 14.4 Å². The Hall–Kier alpha value is -4.51. The second-order valence-corrected chi connectivity index (χ2v) is 10.1. The highest BCUT2D eigenvalue weighted by molar-refractivity contribution is 6.25. The molecule has 2 amide bonds. The Bertz CT molecular complexity index is 1620. The van der Waals surface area contributed by atoms with Crippen molar-refractivity contribution in [2.75, 3.05) is 9.80 Å². The Labute approximate surface area is 214 Å². The molecule has 5 heteroatoms. The lowest BCUT2D eigenvalue weighted by Crippen LogP contribution is -2.48. The third kappa shape index (κ3) is 3.07. The number of fused-ring (bicyclic) bond motifs is 7. The van der Waals surface area contributed by atoms with E-state index < -0.39 is 17.9 Å². The molecule has 0 saturated carbocycles. The molecule has 0 aromatic heterocycles. The van der Waals surface area contributed by atoms with E-state index >= 15 is 0 Å². The van der Waals surface area contributed by atoms with Gasteiger partial charge in [0.1, 0.15) is 6.04 Å². The Kier molecular flexibility index (Phi) is 4.70. The first-order valence-corrected chi connectivity index (χ1v) is 12.6. The topological polar surface area (TPSA) is 57.7 Å². The third-order valence-electron chi connectivity index (χ3n) is 8.03. The van der Waals surface area contributed by atoms with E-state index in [9.17, 15) is 14.4 Å². The summed E-state index contributed by atoms with van der Waals surface area (Å²) >= 11 is 0. The number of ketones is 1. The van der Waals surface area contributed by atoms with Crippen LogP contribution in [0.1, 0.15) is 21.5 Å². The van der Waals surface area contributed by atoms with Crippen LogP contribution in [0.15, 0.2) is 97.1 Å². The molecular weight excluding hydrogens is 460 g/mol. The van der Waals surface area contributed by atoms with E-state index in [1.54, 1.807) is 24.3 Å². The summed E-state index contributed by atoms with van der Waals surface area (Å²) < 4.78 is 0. The minimum Gasteiger partial charge on any atom is -0.352 e. The summed E-state index contributed by atoms with van der Waals surface area (Å²) in [5.74, 6) is -2.10. The summed E-state index contributed by atoms with van der Waals surface area (Å²) in [6, 6.07) is 27.5. The molecule has 37 heavy (non-hydrogen) atoms. The van der Waals surface area contributed by atoms with Crippen molar-refractivity contribution >= 4 is 45.8 Å². The lowest BCUT2D eigenvalue weighted by Gasteiger charge is -2.37. The van der Waals surface area contributed by atoms with E-state index in [-0.39, 0.29) is 23.6 Å². The first kappa shape index (κ1) is 21.7. The molecule has 4 aromatic rings. The molecule has 0 radical (unpaired) electrons. The zero-order chi connectivity index (χ0) is 25.3. The molecule has 3 heterocycles. The average molecular weight is 485 g/mol. The van der Waals surface area contributed by atoms with Gasteiger partial charge in [0.05, 0.1) is 23.6 Å². The maximum Gasteiger partial charge on any atom is 0.240 e. The summed E-state index contributed by atoms with van der Waals surface area (Å²) in [7, 11) is 0. The molecule has 0 unspecified atom stereocenters. The normalized spacial score (nSPS) is 23.8. The van der Waals surface area contributed by atoms with Gasteiger partial charge >= 0.3 is 0 Å². The van der Waals surface area contributed by atoms with Crippen LogP contribution in [-0.4, -0.2) is 29.7 Å². The number of benzene rings is 4. The van der Waals surface area contributed by atoms with Gasteiger partial charge in [-0.2, -0.15) is 0 Å². The fourth-order valence-electron chi connectivity index (χ4n) is 6.35. The summed E-state index contributed by atoms with van der Waals surface area (Å²) in [5, 5.41) is 2.18.